The van der Waals surface area contributed by atoms with Crippen LogP contribution >= 0.6 is 23.1 Å². The molecule has 1 fully saturated rings. The molecule has 1 saturated heterocycles. The first-order valence-corrected chi connectivity index (χ1v) is 7.65. The third-order valence-corrected chi connectivity index (χ3v) is 4.66. The van der Waals surface area contributed by atoms with Crippen LogP contribution in [0.2, 0.25) is 0 Å². The minimum atomic E-state index is 0.679. The second-order valence-corrected chi connectivity index (χ2v) is 6.08. The summed E-state index contributed by atoms with van der Waals surface area (Å²) in [5.41, 5.74) is 0. The van der Waals surface area contributed by atoms with E-state index in [0.29, 0.717) is 6.04 Å². The van der Waals surface area contributed by atoms with E-state index in [0.717, 1.165) is 25.5 Å². The summed E-state index contributed by atoms with van der Waals surface area (Å²) in [6, 6.07) is 0.679. The topological polar surface area (TPSA) is 34.1 Å². The van der Waals surface area contributed by atoms with Crippen molar-refractivity contribution in [3.05, 3.63) is 11.6 Å². The van der Waals surface area contributed by atoms with Crippen molar-refractivity contribution >= 4 is 23.1 Å². The van der Waals surface area contributed by atoms with Gasteiger partial charge in [-0.25, -0.2) is 4.98 Å². The zero-order valence-electron chi connectivity index (χ0n) is 9.35. The van der Waals surface area contributed by atoms with Crippen LogP contribution in [-0.2, 0) is 4.74 Å². The molecule has 5 heteroatoms. The number of nitrogens with zero attached hydrogens (tertiary/aromatic N) is 1. The van der Waals surface area contributed by atoms with Gasteiger partial charge in [-0.3, -0.25) is 0 Å². The number of thioether (sulfide) groups is 1. The van der Waals surface area contributed by atoms with Crippen molar-refractivity contribution < 1.29 is 4.74 Å². The highest BCUT2D eigenvalue weighted by molar-refractivity contribution is 8.00. The number of thiazole rings is 1. The lowest BCUT2D eigenvalue weighted by molar-refractivity contribution is 0.0781. The van der Waals surface area contributed by atoms with Gasteiger partial charge in [-0.2, -0.15) is 0 Å². The van der Waals surface area contributed by atoms with Crippen molar-refractivity contribution in [1.82, 2.24) is 10.3 Å². The van der Waals surface area contributed by atoms with Crippen LogP contribution in [0.4, 0.5) is 0 Å². The highest BCUT2D eigenvalue weighted by atomic mass is 32.2. The van der Waals surface area contributed by atoms with Gasteiger partial charge < -0.3 is 10.1 Å². The average molecular weight is 258 g/mol. The Bertz CT molecular complexity index is 274. The lowest BCUT2D eigenvalue weighted by Gasteiger charge is -2.23. The van der Waals surface area contributed by atoms with E-state index in [1.165, 1.54) is 23.6 Å². The van der Waals surface area contributed by atoms with Gasteiger partial charge in [-0.15, -0.1) is 11.3 Å². The van der Waals surface area contributed by atoms with E-state index in [2.05, 4.69) is 10.3 Å². The molecule has 1 N–H and O–H groups in total. The minimum absolute atomic E-state index is 0.679. The Morgan fingerprint density at radius 2 is 2.38 bits per heavy atom. The molecular formula is C11H18N2OS2. The van der Waals surface area contributed by atoms with Crippen molar-refractivity contribution in [2.24, 2.45) is 0 Å². The SMILES string of the molecule is c1csc(SCCCNC2CCOCC2)n1. The number of hydrogen-bond acceptors (Lipinski definition) is 5. The quantitative estimate of drug-likeness (QED) is 0.627. The van der Waals surface area contributed by atoms with E-state index >= 15 is 0 Å². The van der Waals surface area contributed by atoms with E-state index in [1.807, 2.05) is 23.3 Å². The Kier molecular flexibility index (Phi) is 5.62. The van der Waals surface area contributed by atoms with E-state index < -0.39 is 0 Å². The van der Waals surface area contributed by atoms with Gasteiger partial charge >= 0.3 is 0 Å². The maximum Gasteiger partial charge on any atom is 0.149 e. The highest BCUT2D eigenvalue weighted by Gasteiger charge is 2.11. The Balaban J connectivity index is 1.48. The summed E-state index contributed by atoms with van der Waals surface area (Å²) < 4.78 is 6.51. The van der Waals surface area contributed by atoms with E-state index in [4.69, 9.17) is 4.74 Å². The molecule has 0 aromatic carbocycles. The molecule has 0 atom stereocenters. The molecule has 2 heterocycles. The smallest absolute Gasteiger partial charge is 0.149 e. The van der Waals surface area contributed by atoms with E-state index in [9.17, 15) is 0 Å². The number of ether oxygens (including phenoxy) is 1. The van der Waals surface area contributed by atoms with Crippen molar-refractivity contribution in [3.63, 3.8) is 0 Å². The maximum absolute atomic E-state index is 5.33. The monoisotopic (exact) mass is 258 g/mol. The lowest BCUT2D eigenvalue weighted by Crippen LogP contribution is -2.35. The highest BCUT2D eigenvalue weighted by Crippen LogP contribution is 2.20. The molecule has 90 valence electrons. The molecule has 0 saturated carbocycles. The molecule has 1 aliphatic rings. The van der Waals surface area contributed by atoms with Gasteiger partial charge in [0.1, 0.15) is 4.34 Å². The molecular weight excluding hydrogens is 240 g/mol. The third kappa shape index (κ3) is 4.41. The Morgan fingerprint density at radius 3 is 3.12 bits per heavy atom. The lowest BCUT2D eigenvalue weighted by atomic mass is 10.1. The first kappa shape index (κ1) is 12.4. The standard InChI is InChI=1S/C11H18N2OS2/c1(8-15-11-13-5-9-16-11)4-12-10-2-6-14-7-3-10/h5,9-10,12H,1-4,6-8H2. The van der Waals surface area contributed by atoms with Crippen LogP contribution in [0.5, 0.6) is 0 Å². The Morgan fingerprint density at radius 1 is 1.50 bits per heavy atom. The molecule has 1 aromatic heterocycles. The second-order valence-electron chi connectivity index (χ2n) is 3.84. The van der Waals surface area contributed by atoms with E-state index in [1.54, 1.807) is 11.3 Å². The second kappa shape index (κ2) is 7.27. The van der Waals surface area contributed by atoms with Crippen molar-refractivity contribution in [3.8, 4) is 0 Å². The molecule has 16 heavy (non-hydrogen) atoms. The average Bonchev–Trinajstić information content (AvgIpc) is 2.83. The van der Waals surface area contributed by atoms with Crippen LogP contribution in [0.15, 0.2) is 15.9 Å². The number of rotatable bonds is 6. The zero-order valence-corrected chi connectivity index (χ0v) is 11.0. The molecule has 1 aliphatic heterocycles. The van der Waals surface area contributed by atoms with Crippen LogP contribution in [0.3, 0.4) is 0 Å². The minimum Gasteiger partial charge on any atom is -0.381 e. The van der Waals surface area contributed by atoms with Crippen molar-refractivity contribution in [2.75, 3.05) is 25.5 Å². The Hall–Kier alpha value is -0.100. The molecule has 0 bridgehead atoms. The first-order valence-electron chi connectivity index (χ1n) is 5.78. The number of nitrogens with one attached hydrogen (secondary N) is 1. The van der Waals surface area contributed by atoms with Crippen LogP contribution in [-0.4, -0.2) is 36.5 Å². The molecule has 0 unspecified atom stereocenters. The molecule has 0 radical (unpaired) electrons. The predicted octanol–water partition coefficient (Wildman–Crippen LogP) is 2.39. The molecule has 3 nitrogen and oxygen atoms in total. The first-order chi connectivity index (χ1) is 7.95. The fraction of sp³-hybridized carbons (Fsp3) is 0.727. The summed E-state index contributed by atoms with van der Waals surface area (Å²) >= 11 is 3.58. The molecule has 0 spiro atoms. The van der Waals surface area contributed by atoms with Gasteiger partial charge in [0.05, 0.1) is 0 Å². The summed E-state index contributed by atoms with van der Waals surface area (Å²) in [6.07, 6.45) is 5.41. The third-order valence-electron chi connectivity index (χ3n) is 2.61. The van der Waals surface area contributed by atoms with Gasteiger partial charge in [-0.05, 0) is 25.8 Å². The normalized spacial score (nSPS) is 17.8. The van der Waals surface area contributed by atoms with Gasteiger partial charge in [-0.1, -0.05) is 11.8 Å². The summed E-state index contributed by atoms with van der Waals surface area (Å²) in [5, 5.41) is 5.62. The number of aromatic nitrogens is 1. The fourth-order valence-corrected chi connectivity index (χ4v) is 3.37. The molecule has 1 aromatic rings. The van der Waals surface area contributed by atoms with Gasteiger partial charge in [0.15, 0.2) is 0 Å². The van der Waals surface area contributed by atoms with Crippen LogP contribution < -0.4 is 5.32 Å². The molecule has 2 rings (SSSR count). The summed E-state index contributed by atoms with van der Waals surface area (Å²) in [5.74, 6) is 1.16. The number of hydrogen-bond donors (Lipinski definition) is 1. The van der Waals surface area contributed by atoms with Crippen LogP contribution in [0.25, 0.3) is 0 Å². The van der Waals surface area contributed by atoms with Crippen LogP contribution in [0, 0.1) is 0 Å². The van der Waals surface area contributed by atoms with Crippen LogP contribution in [0.1, 0.15) is 19.3 Å². The predicted molar refractivity (Wildman–Crippen MR) is 69.3 cm³/mol. The van der Waals surface area contributed by atoms with Gasteiger partial charge in [0.25, 0.3) is 0 Å². The van der Waals surface area contributed by atoms with Crippen molar-refractivity contribution in [1.29, 1.82) is 0 Å². The molecule has 0 amide bonds. The summed E-state index contributed by atoms with van der Waals surface area (Å²) in [7, 11) is 0. The zero-order chi connectivity index (χ0) is 11.1. The summed E-state index contributed by atoms with van der Waals surface area (Å²) in [6.45, 7) is 2.96. The molecule has 0 aliphatic carbocycles. The largest absolute Gasteiger partial charge is 0.381 e. The Labute approximate surface area is 105 Å². The van der Waals surface area contributed by atoms with E-state index in [-0.39, 0.29) is 0 Å². The summed E-state index contributed by atoms with van der Waals surface area (Å²) in [4.78, 5) is 4.25. The van der Waals surface area contributed by atoms with Crippen molar-refractivity contribution in [2.45, 2.75) is 29.6 Å². The fourth-order valence-electron chi connectivity index (χ4n) is 1.72. The van der Waals surface area contributed by atoms with Gasteiger partial charge in [0, 0.05) is 36.6 Å². The van der Waals surface area contributed by atoms with Gasteiger partial charge in [0.2, 0.25) is 0 Å². The maximum atomic E-state index is 5.33.